The zero-order chi connectivity index (χ0) is 14.3. The molecule has 0 spiro atoms. The maximum atomic E-state index is 12.2. The van der Waals surface area contributed by atoms with Gasteiger partial charge in [0.2, 0.25) is 0 Å². The molecule has 0 unspecified atom stereocenters. The predicted molar refractivity (Wildman–Crippen MR) is 74.5 cm³/mol. The number of fused-ring (bicyclic) bond motifs is 1. The van der Waals surface area contributed by atoms with Gasteiger partial charge < -0.3 is 15.0 Å². The summed E-state index contributed by atoms with van der Waals surface area (Å²) in [5.74, 6) is -0.865. The Morgan fingerprint density at radius 1 is 1.35 bits per heavy atom. The number of carboxylic acid groups (broad SMARTS) is 1. The van der Waals surface area contributed by atoms with Crippen LogP contribution in [0.5, 0.6) is 0 Å². The Kier molecular flexibility index (Phi) is 3.54. The Bertz CT molecular complexity index is 563. The lowest BCUT2D eigenvalue weighted by molar-refractivity contribution is -0.145. The maximum Gasteiger partial charge on any atom is 0.306 e. The van der Waals surface area contributed by atoms with E-state index in [1.807, 2.05) is 4.57 Å². The number of hydrogen-bond acceptors (Lipinski definition) is 3. The number of nitrogens with one attached hydrogen (secondary N) is 1. The van der Waals surface area contributed by atoms with Gasteiger partial charge in [-0.15, -0.1) is 0 Å². The summed E-state index contributed by atoms with van der Waals surface area (Å²) in [6.45, 7) is 0.819. The Morgan fingerprint density at radius 2 is 2.10 bits per heavy atom. The smallest absolute Gasteiger partial charge is 0.306 e. The van der Waals surface area contributed by atoms with Crippen molar-refractivity contribution in [2.45, 2.75) is 44.7 Å². The minimum absolute atomic E-state index is 0.0427. The summed E-state index contributed by atoms with van der Waals surface area (Å²) in [5, 5.41) is 11.7. The number of carbonyl (C=O) groups is 2. The van der Waals surface area contributed by atoms with Crippen LogP contribution in [0.2, 0.25) is 0 Å². The summed E-state index contributed by atoms with van der Waals surface area (Å²) in [4.78, 5) is 27.3. The summed E-state index contributed by atoms with van der Waals surface area (Å²) >= 11 is 3.41. The molecule has 1 aliphatic carbocycles. The summed E-state index contributed by atoms with van der Waals surface area (Å²) in [5.41, 5.74) is 1.08. The number of hydrogen-bond donors (Lipinski definition) is 2. The Labute approximate surface area is 124 Å². The number of halogens is 1. The number of amides is 1. The van der Waals surface area contributed by atoms with Crippen LogP contribution in [0, 0.1) is 5.92 Å². The van der Waals surface area contributed by atoms with Gasteiger partial charge in [-0.05, 0) is 48.0 Å². The van der Waals surface area contributed by atoms with Crippen LogP contribution in [-0.4, -0.2) is 32.6 Å². The van der Waals surface area contributed by atoms with Crippen LogP contribution >= 0.6 is 15.9 Å². The normalized spacial score (nSPS) is 24.6. The van der Waals surface area contributed by atoms with Gasteiger partial charge in [-0.25, -0.2) is 4.98 Å². The van der Waals surface area contributed by atoms with Crippen molar-refractivity contribution in [3.8, 4) is 0 Å². The highest BCUT2D eigenvalue weighted by molar-refractivity contribution is 9.10. The molecule has 2 heterocycles. The molecule has 1 aliphatic heterocycles. The first-order chi connectivity index (χ1) is 9.56. The highest BCUT2D eigenvalue weighted by Gasteiger charge is 2.36. The van der Waals surface area contributed by atoms with Gasteiger partial charge in [-0.3, -0.25) is 9.59 Å². The number of nitrogens with zero attached hydrogens (tertiary/aromatic N) is 2. The fraction of sp³-hybridized carbons (Fsp3) is 0.615. The number of rotatable bonds is 3. The van der Waals surface area contributed by atoms with E-state index in [0.29, 0.717) is 18.7 Å². The highest BCUT2D eigenvalue weighted by atomic mass is 79.9. The third-order valence-corrected chi connectivity index (χ3v) is 4.73. The lowest BCUT2D eigenvalue weighted by Crippen LogP contribution is -2.47. The van der Waals surface area contributed by atoms with Gasteiger partial charge in [-0.2, -0.15) is 0 Å². The molecular formula is C13H16BrN3O3. The van der Waals surface area contributed by atoms with Gasteiger partial charge in [0.05, 0.1) is 11.6 Å². The molecule has 0 aromatic carbocycles. The first-order valence-corrected chi connectivity index (χ1v) is 7.64. The molecule has 1 aromatic rings. The van der Waals surface area contributed by atoms with Crippen LogP contribution in [-0.2, 0) is 17.8 Å². The van der Waals surface area contributed by atoms with Crippen LogP contribution in [0.4, 0.5) is 0 Å². The summed E-state index contributed by atoms with van der Waals surface area (Å²) in [6.07, 6.45) is 4.13. The van der Waals surface area contributed by atoms with E-state index in [0.717, 1.165) is 36.1 Å². The lowest BCUT2D eigenvalue weighted by atomic mass is 9.80. The number of aromatic nitrogens is 2. The van der Waals surface area contributed by atoms with E-state index in [9.17, 15) is 9.59 Å². The molecule has 108 valence electrons. The van der Waals surface area contributed by atoms with Gasteiger partial charge in [0.1, 0.15) is 4.60 Å². The number of carbonyl (C=O) groups excluding carboxylic acids is 1. The van der Waals surface area contributed by atoms with Gasteiger partial charge in [0, 0.05) is 12.6 Å². The second-order valence-electron chi connectivity index (χ2n) is 5.46. The number of carboxylic acids is 1. The minimum Gasteiger partial charge on any atom is -0.481 e. The molecule has 0 radical (unpaired) electrons. The minimum atomic E-state index is -0.781. The fourth-order valence-electron chi connectivity index (χ4n) is 2.86. The van der Waals surface area contributed by atoms with E-state index in [-0.39, 0.29) is 17.9 Å². The standard InChI is InChI=1S/C13H16BrN3O3/c14-10-9-3-1-2-4-17(9)11(16-10)12(18)15-8-5-7(6-8)13(19)20/h7-8H,1-6H2,(H,15,18)(H,19,20). The molecule has 20 heavy (non-hydrogen) atoms. The van der Waals surface area contributed by atoms with Crippen LogP contribution in [0.15, 0.2) is 4.60 Å². The Morgan fingerprint density at radius 3 is 2.80 bits per heavy atom. The summed E-state index contributed by atoms with van der Waals surface area (Å²) in [7, 11) is 0. The maximum absolute atomic E-state index is 12.2. The Hall–Kier alpha value is -1.37. The third-order valence-electron chi connectivity index (χ3n) is 4.09. The predicted octanol–water partition coefficient (Wildman–Crippen LogP) is 1.57. The van der Waals surface area contributed by atoms with Gasteiger partial charge in [-0.1, -0.05) is 0 Å². The van der Waals surface area contributed by atoms with Gasteiger partial charge >= 0.3 is 5.97 Å². The van der Waals surface area contributed by atoms with Crippen LogP contribution in [0.1, 0.15) is 42.0 Å². The van der Waals surface area contributed by atoms with E-state index < -0.39 is 5.97 Å². The summed E-state index contributed by atoms with van der Waals surface area (Å²) < 4.78 is 2.72. The molecule has 1 saturated carbocycles. The quantitative estimate of drug-likeness (QED) is 0.873. The topological polar surface area (TPSA) is 84.2 Å². The van der Waals surface area contributed by atoms with E-state index >= 15 is 0 Å². The first kappa shape index (κ1) is 13.6. The molecule has 0 saturated heterocycles. The van der Waals surface area contributed by atoms with Crippen molar-refractivity contribution in [2.75, 3.05) is 0 Å². The average Bonchev–Trinajstić information content (AvgIpc) is 2.71. The van der Waals surface area contributed by atoms with Crippen molar-refractivity contribution >= 4 is 27.8 Å². The molecule has 3 rings (SSSR count). The summed E-state index contributed by atoms with van der Waals surface area (Å²) in [6, 6.07) is -0.0427. The number of aliphatic carboxylic acids is 1. The van der Waals surface area contributed by atoms with Crippen molar-refractivity contribution in [1.82, 2.24) is 14.9 Å². The molecule has 1 amide bonds. The average molecular weight is 342 g/mol. The molecular weight excluding hydrogens is 326 g/mol. The second-order valence-corrected chi connectivity index (χ2v) is 6.21. The molecule has 2 N–H and O–H groups in total. The van der Waals surface area contributed by atoms with E-state index in [4.69, 9.17) is 5.11 Å². The van der Waals surface area contributed by atoms with Gasteiger partial charge in [0.25, 0.3) is 5.91 Å². The molecule has 1 fully saturated rings. The Balaban J connectivity index is 1.68. The first-order valence-electron chi connectivity index (χ1n) is 6.85. The van der Waals surface area contributed by atoms with Crippen molar-refractivity contribution in [3.63, 3.8) is 0 Å². The van der Waals surface area contributed by atoms with E-state index in [1.165, 1.54) is 0 Å². The van der Waals surface area contributed by atoms with Crippen LogP contribution < -0.4 is 5.32 Å². The van der Waals surface area contributed by atoms with Crippen LogP contribution in [0.3, 0.4) is 0 Å². The van der Waals surface area contributed by atoms with Crippen molar-refractivity contribution < 1.29 is 14.7 Å². The highest BCUT2D eigenvalue weighted by Crippen LogP contribution is 2.28. The van der Waals surface area contributed by atoms with Crippen molar-refractivity contribution in [2.24, 2.45) is 5.92 Å². The van der Waals surface area contributed by atoms with Crippen LogP contribution in [0.25, 0.3) is 0 Å². The molecule has 1 aromatic heterocycles. The molecule has 0 atom stereocenters. The van der Waals surface area contributed by atoms with Crippen molar-refractivity contribution in [3.05, 3.63) is 16.1 Å². The van der Waals surface area contributed by atoms with Gasteiger partial charge in [0.15, 0.2) is 5.82 Å². The zero-order valence-corrected chi connectivity index (χ0v) is 12.5. The SMILES string of the molecule is O=C(NC1CC(C(=O)O)C1)c1nc(Br)c2n1CCCC2. The second kappa shape index (κ2) is 5.20. The van der Waals surface area contributed by atoms with E-state index in [2.05, 4.69) is 26.2 Å². The monoisotopic (exact) mass is 341 g/mol. The molecule has 7 heteroatoms. The molecule has 2 aliphatic rings. The van der Waals surface area contributed by atoms with Crippen molar-refractivity contribution in [1.29, 1.82) is 0 Å². The largest absolute Gasteiger partial charge is 0.481 e. The molecule has 0 bridgehead atoms. The number of imidazole rings is 1. The molecule has 6 nitrogen and oxygen atoms in total. The zero-order valence-electron chi connectivity index (χ0n) is 10.9. The third kappa shape index (κ3) is 2.34. The fourth-order valence-corrected chi connectivity index (χ4v) is 3.44. The lowest BCUT2D eigenvalue weighted by Gasteiger charge is -2.32. The van der Waals surface area contributed by atoms with E-state index in [1.54, 1.807) is 0 Å².